The summed E-state index contributed by atoms with van der Waals surface area (Å²) >= 11 is 0. The molecule has 146 valence electrons. The molecule has 0 radical (unpaired) electrons. The van der Waals surface area contributed by atoms with Crippen LogP contribution < -0.4 is 10.4 Å². The van der Waals surface area contributed by atoms with Crippen LogP contribution in [0, 0.1) is 5.92 Å². The summed E-state index contributed by atoms with van der Waals surface area (Å²) in [5.41, 5.74) is 0. The van der Waals surface area contributed by atoms with Crippen molar-refractivity contribution in [3.63, 3.8) is 0 Å². The fraction of sp³-hybridized carbons (Fsp3) is 0.478. The van der Waals surface area contributed by atoms with Gasteiger partial charge in [-0.05, 0) is 40.6 Å². The Kier molecular flexibility index (Phi) is 6.21. The first-order chi connectivity index (χ1) is 12.9. The molecule has 1 aliphatic rings. The molecule has 0 aliphatic heterocycles. The molecule has 3 nitrogen and oxygen atoms in total. The van der Waals surface area contributed by atoms with Crippen LogP contribution in [0.3, 0.4) is 0 Å². The molecule has 2 aromatic carbocycles. The van der Waals surface area contributed by atoms with Gasteiger partial charge in [0.2, 0.25) is 0 Å². The van der Waals surface area contributed by atoms with Crippen LogP contribution >= 0.6 is 0 Å². The van der Waals surface area contributed by atoms with E-state index in [0.717, 1.165) is 12.8 Å². The highest BCUT2D eigenvalue weighted by Gasteiger charge is 2.50. The first-order valence-electron chi connectivity index (χ1n) is 9.97. The van der Waals surface area contributed by atoms with Crippen molar-refractivity contribution in [2.75, 3.05) is 6.61 Å². The highest BCUT2D eigenvalue weighted by Crippen LogP contribution is 2.37. The average Bonchev–Trinajstić information content (AvgIpc) is 2.98. The summed E-state index contributed by atoms with van der Waals surface area (Å²) < 4.78 is 6.86. The molecule has 0 aromatic heterocycles. The number of hydrogen-bond acceptors (Lipinski definition) is 3. The second-order valence-corrected chi connectivity index (χ2v) is 13.0. The molecule has 2 aromatic rings. The highest BCUT2D eigenvalue weighted by atomic mass is 28.4. The second-order valence-electron chi connectivity index (χ2n) is 8.70. The zero-order valence-corrected chi connectivity index (χ0v) is 17.6. The number of benzene rings is 2. The van der Waals surface area contributed by atoms with Crippen LogP contribution in [0.4, 0.5) is 0 Å². The van der Waals surface area contributed by atoms with Crippen molar-refractivity contribution in [1.29, 1.82) is 0 Å². The number of aliphatic hydroxyl groups is 2. The van der Waals surface area contributed by atoms with Crippen LogP contribution in [0.25, 0.3) is 0 Å². The molecule has 0 heterocycles. The molecule has 3 rings (SSSR count). The topological polar surface area (TPSA) is 49.7 Å². The summed E-state index contributed by atoms with van der Waals surface area (Å²) in [6.07, 6.45) is 1.14. The third kappa shape index (κ3) is 4.04. The van der Waals surface area contributed by atoms with Crippen LogP contribution in [0.2, 0.25) is 5.04 Å². The molecule has 27 heavy (non-hydrogen) atoms. The van der Waals surface area contributed by atoms with E-state index in [0.29, 0.717) is 13.0 Å². The molecule has 1 aliphatic carbocycles. The Morgan fingerprint density at radius 2 is 1.41 bits per heavy atom. The Balaban J connectivity index is 1.92. The van der Waals surface area contributed by atoms with Crippen LogP contribution in [0.15, 0.2) is 60.7 Å². The van der Waals surface area contributed by atoms with E-state index in [4.69, 9.17) is 4.43 Å². The van der Waals surface area contributed by atoms with Gasteiger partial charge in [-0.2, -0.15) is 0 Å². The van der Waals surface area contributed by atoms with Gasteiger partial charge < -0.3 is 14.6 Å². The molecule has 3 atom stereocenters. The quantitative estimate of drug-likeness (QED) is 0.753. The fourth-order valence-corrected chi connectivity index (χ4v) is 9.06. The van der Waals surface area contributed by atoms with Gasteiger partial charge in [0.25, 0.3) is 8.32 Å². The van der Waals surface area contributed by atoms with Gasteiger partial charge in [0.05, 0.1) is 12.2 Å². The lowest BCUT2D eigenvalue weighted by atomic mass is 10.0. The molecule has 0 saturated heterocycles. The summed E-state index contributed by atoms with van der Waals surface area (Å²) in [7, 11) is -2.50. The summed E-state index contributed by atoms with van der Waals surface area (Å²) in [6, 6.07) is 21.2. The molecule has 1 fully saturated rings. The second kappa shape index (κ2) is 8.27. The van der Waals surface area contributed by atoms with E-state index in [2.05, 4.69) is 69.3 Å². The molecule has 2 N–H and O–H groups in total. The molecule has 0 amide bonds. The Bertz CT molecular complexity index is 672. The Morgan fingerprint density at radius 1 is 0.889 bits per heavy atom. The minimum Gasteiger partial charge on any atom is -0.407 e. The zero-order valence-electron chi connectivity index (χ0n) is 16.6. The van der Waals surface area contributed by atoms with E-state index in [1.54, 1.807) is 0 Å². The highest BCUT2D eigenvalue weighted by molar-refractivity contribution is 6.99. The zero-order chi connectivity index (χ0) is 19.5. The van der Waals surface area contributed by atoms with E-state index in [9.17, 15) is 10.2 Å². The standard InChI is InChI=1S/C23H32O3Si/c1-23(2,3)27(19-10-6-4-7-11-19,20-12-8-5-9-13-20)26-17-16-18-14-15-21(24)22(18)25/h4-13,18,21-22,24-25H,14-17H2,1-3H3. The Labute approximate surface area is 164 Å². The van der Waals surface area contributed by atoms with E-state index >= 15 is 0 Å². The van der Waals surface area contributed by atoms with Gasteiger partial charge in [0, 0.05) is 6.61 Å². The first-order valence-corrected chi connectivity index (χ1v) is 11.9. The minimum atomic E-state index is -2.50. The Hall–Kier alpha value is -1.46. The van der Waals surface area contributed by atoms with Crippen molar-refractivity contribution >= 4 is 18.7 Å². The van der Waals surface area contributed by atoms with E-state index < -0.39 is 20.5 Å². The number of hydrogen-bond donors (Lipinski definition) is 2. The van der Waals surface area contributed by atoms with Gasteiger partial charge in [-0.15, -0.1) is 0 Å². The van der Waals surface area contributed by atoms with E-state index in [1.165, 1.54) is 10.4 Å². The maximum absolute atomic E-state index is 10.2. The molecule has 0 bridgehead atoms. The van der Waals surface area contributed by atoms with Crippen molar-refractivity contribution in [1.82, 2.24) is 0 Å². The monoisotopic (exact) mass is 384 g/mol. The normalized spacial score (nSPS) is 23.5. The van der Waals surface area contributed by atoms with Gasteiger partial charge >= 0.3 is 0 Å². The molecule has 0 spiro atoms. The third-order valence-corrected chi connectivity index (χ3v) is 11.0. The molecule has 1 saturated carbocycles. The van der Waals surface area contributed by atoms with Gasteiger partial charge in [-0.1, -0.05) is 81.4 Å². The van der Waals surface area contributed by atoms with Crippen LogP contribution in [0.1, 0.15) is 40.0 Å². The average molecular weight is 385 g/mol. The lowest BCUT2D eigenvalue weighted by molar-refractivity contribution is 0.0158. The smallest absolute Gasteiger partial charge is 0.261 e. The van der Waals surface area contributed by atoms with Crippen molar-refractivity contribution in [3.05, 3.63) is 60.7 Å². The van der Waals surface area contributed by atoms with E-state index in [1.807, 2.05) is 12.1 Å². The van der Waals surface area contributed by atoms with Crippen molar-refractivity contribution in [3.8, 4) is 0 Å². The third-order valence-electron chi connectivity index (χ3n) is 5.93. The van der Waals surface area contributed by atoms with Crippen molar-refractivity contribution < 1.29 is 14.6 Å². The van der Waals surface area contributed by atoms with Crippen LogP contribution in [-0.2, 0) is 4.43 Å². The molecular formula is C23H32O3Si. The molecule has 4 heteroatoms. The molecular weight excluding hydrogens is 352 g/mol. The van der Waals surface area contributed by atoms with Gasteiger partial charge in [0.1, 0.15) is 0 Å². The summed E-state index contributed by atoms with van der Waals surface area (Å²) in [6.45, 7) is 7.41. The van der Waals surface area contributed by atoms with Crippen LogP contribution in [-0.4, -0.2) is 37.3 Å². The van der Waals surface area contributed by atoms with E-state index in [-0.39, 0.29) is 11.0 Å². The predicted octanol–water partition coefficient (Wildman–Crippen LogP) is 3.08. The fourth-order valence-electron chi connectivity index (χ4n) is 4.48. The Morgan fingerprint density at radius 3 is 1.81 bits per heavy atom. The summed E-state index contributed by atoms with van der Waals surface area (Å²) in [5, 5.41) is 22.5. The minimum absolute atomic E-state index is 0.0382. The summed E-state index contributed by atoms with van der Waals surface area (Å²) in [5.74, 6) is 0.123. The lowest BCUT2D eigenvalue weighted by Gasteiger charge is -2.43. The number of aliphatic hydroxyl groups excluding tert-OH is 2. The van der Waals surface area contributed by atoms with Crippen LogP contribution in [0.5, 0.6) is 0 Å². The maximum Gasteiger partial charge on any atom is 0.261 e. The largest absolute Gasteiger partial charge is 0.407 e. The molecule has 3 unspecified atom stereocenters. The number of rotatable bonds is 6. The van der Waals surface area contributed by atoms with Gasteiger partial charge in [-0.3, -0.25) is 0 Å². The SMILES string of the molecule is CC(C)(C)[Si](OCCC1CCC(O)C1O)(c1ccccc1)c1ccccc1. The van der Waals surface area contributed by atoms with Crippen molar-refractivity contribution in [2.45, 2.75) is 57.3 Å². The van der Waals surface area contributed by atoms with Gasteiger partial charge in [0.15, 0.2) is 0 Å². The first kappa shape index (κ1) is 20.3. The summed E-state index contributed by atoms with van der Waals surface area (Å²) in [4.78, 5) is 0. The van der Waals surface area contributed by atoms with Gasteiger partial charge in [-0.25, -0.2) is 0 Å². The lowest BCUT2D eigenvalue weighted by Crippen LogP contribution is -2.66. The predicted molar refractivity (Wildman–Crippen MR) is 113 cm³/mol. The van der Waals surface area contributed by atoms with Crippen molar-refractivity contribution in [2.24, 2.45) is 5.92 Å². The maximum atomic E-state index is 10.2.